The summed E-state index contributed by atoms with van der Waals surface area (Å²) < 4.78 is 5.10. The van der Waals surface area contributed by atoms with E-state index in [1.165, 1.54) is 22.3 Å². The molecule has 0 spiro atoms. The van der Waals surface area contributed by atoms with Crippen molar-refractivity contribution in [3.8, 4) is 0 Å². The summed E-state index contributed by atoms with van der Waals surface area (Å²) >= 11 is 0. The van der Waals surface area contributed by atoms with Gasteiger partial charge in [0.05, 0.1) is 12.2 Å². The molecule has 3 rings (SSSR count). The molecular weight excluding hydrogens is 332 g/mol. The van der Waals surface area contributed by atoms with Crippen molar-refractivity contribution < 1.29 is 9.53 Å². The monoisotopic (exact) mass is 356 g/mol. The van der Waals surface area contributed by atoms with E-state index in [9.17, 15) is 4.79 Å². The van der Waals surface area contributed by atoms with Crippen molar-refractivity contribution in [2.24, 2.45) is 0 Å². The standard InChI is InChI=1S/C25H24O2/c1-3-23(19-11-7-5-8-12-19)24(20-13-9-6-10-14-20)21-15-17-22(18-16-21)25(26)27-4-2/h5-18H,3-4H2,1-2H3/b24-23-. The van der Waals surface area contributed by atoms with Crippen molar-refractivity contribution in [1.29, 1.82) is 0 Å². The molecule has 0 saturated carbocycles. The maximum Gasteiger partial charge on any atom is 0.338 e. The number of allylic oxidation sites excluding steroid dienone is 1. The Bertz CT molecular complexity index is 908. The average Bonchev–Trinajstić information content (AvgIpc) is 2.73. The molecule has 136 valence electrons. The lowest BCUT2D eigenvalue weighted by molar-refractivity contribution is 0.0526. The van der Waals surface area contributed by atoms with Crippen molar-refractivity contribution in [2.75, 3.05) is 6.61 Å². The van der Waals surface area contributed by atoms with Crippen molar-refractivity contribution >= 4 is 17.1 Å². The lowest BCUT2D eigenvalue weighted by Gasteiger charge is -2.16. The SMILES string of the molecule is CCOC(=O)c1ccc(/C(=C(/CC)c2ccccc2)c2ccccc2)cc1. The van der Waals surface area contributed by atoms with E-state index < -0.39 is 0 Å². The highest BCUT2D eigenvalue weighted by Gasteiger charge is 2.14. The Hall–Kier alpha value is -3.13. The Morgan fingerprint density at radius 2 is 1.15 bits per heavy atom. The highest BCUT2D eigenvalue weighted by molar-refractivity contribution is 5.99. The lowest BCUT2D eigenvalue weighted by atomic mass is 9.88. The van der Waals surface area contributed by atoms with E-state index in [1.54, 1.807) is 0 Å². The third-order valence-corrected chi connectivity index (χ3v) is 4.52. The minimum Gasteiger partial charge on any atom is -0.462 e. The molecule has 0 saturated heterocycles. The number of esters is 1. The number of hydrogen-bond acceptors (Lipinski definition) is 2. The smallest absolute Gasteiger partial charge is 0.338 e. The maximum absolute atomic E-state index is 12.0. The van der Waals surface area contributed by atoms with E-state index in [1.807, 2.05) is 43.3 Å². The van der Waals surface area contributed by atoms with E-state index in [-0.39, 0.29) is 5.97 Å². The molecular formula is C25H24O2. The van der Waals surface area contributed by atoms with Gasteiger partial charge in [-0.2, -0.15) is 0 Å². The van der Waals surface area contributed by atoms with E-state index in [2.05, 4.69) is 55.5 Å². The van der Waals surface area contributed by atoms with Gasteiger partial charge in [-0.3, -0.25) is 0 Å². The van der Waals surface area contributed by atoms with Crippen molar-refractivity contribution in [3.63, 3.8) is 0 Å². The first-order valence-corrected chi connectivity index (χ1v) is 9.36. The Morgan fingerprint density at radius 1 is 0.667 bits per heavy atom. The molecule has 27 heavy (non-hydrogen) atoms. The van der Waals surface area contributed by atoms with Gasteiger partial charge in [0, 0.05) is 0 Å². The molecule has 0 aliphatic rings. The molecule has 0 fully saturated rings. The second-order valence-electron chi connectivity index (χ2n) is 6.24. The third kappa shape index (κ3) is 4.35. The minimum absolute atomic E-state index is 0.284. The fourth-order valence-electron chi connectivity index (χ4n) is 3.27. The molecule has 2 heteroatoms. The van der Waals surface area contributed by atoms with Gasteiger partial charge in [-0.25, -0.2) is 4.79 Å². The second kappa shape index (κ2) is 9.00. The Balaban J connectivity index is 2.14. The Morgan fingerprint density at radius 3 is 1.67 bits per heavy atom. The van der Waals surface area contributed by atoms with Gasteiger partial charge >= 0.3 is 5.97 Å². The zero-order chi connectivity index (χ0) is 19.1. The van der Waals surface area contributed by atoms with Gasteiger partial charge in [0.1, 0.15) is 0 Å². The highest BCUT2D eigenvalue weighted by atomic mass is 16.5. The molecule has 0 N–H and O–H groups in total. The van der Waals surface area contributed by atoms with Crippen LogP contribution in [0.15, 0.2) is 84.9 Å². The summed E-state index contributed by atoms with van der Waals surface area (Å²) in [5, 5.41) is 0. The van der Waals surface area contributed by atoms with Crippen LogP contribution in [0.4, 0.5) is 0 Å². The number of hydrogen-bond donors (Lipinski definition) is 0. The van der Waals surface area contributed by atoms with Crippen molar-refractivity contribution in [3.05, 3.63) is 107 Å². The van der Waals surface area contributed by atoms with Gasteiger partial charge in [-0.05, 0) is 53.3 Å². The molecule has 0 aromatic heterocycles. The zero-order valence-electron chi connectivity index (χ0n) is 15.8. The van der Waals surface area contributed by atoms with Crippen LogP contribution in [-0.2, 0) is 4.74 Å². The van der Waals surface area contributed by atoms with E-state index >= 15 is 0 Å². The normalized spacial score (nSPS) is 11.6. The van der Waals surface area contributed by atoms with Crippen LogP contribution in [0.25, 0.3) is 11.1 Å². The largest absolute Gasteiger partial charge is 0.462 e. The fraction of sp³-hybridized carbons (Fsp3) is 0.160. The summed E-state index contributed by atoms with van der Waals surface area (Å²) in [7, 11) is 0. The van der Waals surface area contributed by atoms with Gasteiger partial charge in [0.15, 0.2) is 0 Å². The Labute approximate surface area is 161 Å². The van der Waals surface area contributed by atoms with E-state index in [0.717, 1.165) is 12.0 Å². The first-order valence-electron chi connectivity index (χ1n) is 9.36. The first-order chi connectivity index (χ1) is 13.2. The van der Waals surface area contributed by atoms with Crippen molar-refractivity contribution in [1.82, 2.24) is 0 Å². The van der Waals surface area contributed by atoms with Gasteiger partial charge in [0.25, 0.3) is 0 Å². The predicted molar refractivity (Wildman–Crippen MR) is 111 cm³/mol. The quantitative estimate of drug-likeness (QED) is 0.386. The molecule has 3 aromatic carbocycles. The maximum atomic E-state index is 12.0. The topological polar surface area (TPSA) is 26.3 Å². The summed E-state index contributed by atoms with van der Waals surface area (Å²) in [4.78, 5) is 12.0. The molecule has 3 aromatic rings. The molecule has 0 atom stereocenters. The summed E-state index contributed by atoms with van der Waals surface area (Å²) in [6.45, 7) is 4.37. The number of carbonyl (C=O) groups is 1. The fourth-order valence-corrected chi connectivity index (χ4v) is 3.27. The van der Waals surface area contributed by atoms with Crippen LogP contribution >= 0.6 is 0 Å². The molecule has 0 aliphatic carbocycles. The van der Waals surface area contributed by atoms with Crippen molar-refractivity contribution in [2.45, 2.75) is 20.3 Å². The average molecular weight is 356 g/mol. The summed E-state index contributed by atoms with van der Waals surface area (Å²) in [6, 6.07) is 28.6. The van der Waals surface area contributed by atoms with Gasteiger partial charge < -0.3 is 4.74 Å². The molecule has 0 aliphatic heterocycles. The molecule has 0 bridgehead atoms. The summed E-state index contributed by atoms with van der Waals surface area (Å²) in [5.41, 5.74) is 6.53. The molecule has 2 nitrogen and oxygen atoms in total. The molecule has 0 amide bonds. The van der Waals surface area contributed by atoms with Crippen LogP contribution in [0.3, 0.4) is 0 Å². The van der Waals surface area contributed by atoms with Gasteiger partial charge in [-0.1, -0.05) is 79.7 Å². The lowest BCUT2D eigenvalue weighted by Crippen LogP contribution is -2.04. The van der Waals surface area contributed by atoms with Crippen LogP contribution in [0.1, 0.15) is 47.3 Å². The number of rotatable bonds is 6. The van der Waals surface area contributed by atoms with Gasteiger partial charge in [0.2, 0.25) is 0 Å². The number of benzene rings is 3. The van der Waals surface area contributed by atoms with Crippen LogP contribution in [-0.4, -0.2) is 12.6 Å². The third-order valence-electron chi connectivity index (χ3n) is 4.52. The van der Waals surface area contributed by atoms with Gasteiger partial charge in [-0.15, -0.1) is 0 Å². The van der Waals surface area contributed by atoms with E-state index in [4.69, 9.17) is 4.74 Å². The van der Waals surface area contributed by atoms with Crippen LogP contribution < -0.4 is 0 Å². The van der Waals surface area contributed by atoms with Crippen LogP contribution in [0.2, 0.25) is 0 Å². The van der Waals surface area contributed by atoms with Crippen LogP contribution in [0, 0.1) is 0 Å². The van der Waals surface area contributed by atoms with Crippen LogP contribution in [0.5, 0.6) is 0 Å². The predicted octanol–water partition coefficient (Wildman–Crippen LogP) is 6.23. The Kier molecular flexibility index (Phi) is 6.22. The molecule has 0 radical (unpaired) electrons. The number of ether oxygens (including phenoxy) is 1. The summed E-state index contributed by atoms with van der Waals surface area (Å²) in [6.07, 6.45) is 0.911. The second-order valence-corrected chi connectivity index (χ2v) is 6.24. The first kappa shape index (κ1) is 18.7. The zero-order valence-corrected chi connectivity index (χ0v) is 15.8. The molecule has 0 heterocycles. The minimum atomic E-state index is -0.284. The number of carbonyl (C=O) groups excluding carboxylic acids is 1. The van der Waals surface area contributed by atoms with E-state index in [0.29, 0.717) is 12.2 Å². The molecule has 0 unspecified atom stereocenters. The highest BCUT2D eigenvalue weighted by Crippen LogP contribution is 2.34. The summed E-state index contributed by atoms with van der Waals surface area (Å²) in [5.74, 6) is -0.284.